The summed E-state index contributed by atoms with van der Waals surface area (Å²) < 4.78 is 6.80. The summed E-state index contributed by atoms with van der Waals surface area (Å²) in [5.74, 6) is 1.73. The van der Waals surface area contributed by atoms with Crippen LogP contribution >= 0.6 is 23.2 Å². The van der Waals surface area contributed by atoms with Crippen molar-refractivity contribution in [1.29, 1.82) is 0 Å². The van der Waals surface area contributed by atoms with Crippen LogP contribution in [-0.2, 0) is 6.42 Å². The molecule has 30 heavy (non-hydrogen) atoms. The van der Waals surface area contributed by atoms with Gasteiger partial charge in [0.1, 0.15) is 17.3 Å². The Morgan fingerprint density at radius 3 is 2.50 bits per heavy atom. The van der Waals surface area contributed by atoms with Gasteiger partial charge in [-0.25, -0.2) is 9.67 Å². The van der Waals surface area contributed by atoms with Crippen molar-refractivity contribution in [2.24, 2.45) is 0 Å². The highest BCUT2D eigenvalue weighted by atomic mass is 35.5. The van der Waals surface area contributed by atoms with Crippen molar-refractivity contribution in [2.75, 3.05) is 20.2 Å². The summed E-state index contributed by atoms with van der Waals surface area (Å²) in [5.41, 5.74) is 1.74. The van der Waals surface area contributed by atoms with Crippen molar-refractivity contribution < 1.29 is 9.53 Å². The van der Waals surface area contributed by atoms with Gasteiger partial charge in [0, 0.05) is 25.4 Å². The van der Waals surface area contributed by atoms with Crippen molar-refractivity contribution in [3.8, 4) is 11.4 Å². The number of hydrogen-bond acceptors (Lipinski definition) is 4. The topological polar surface area (TPSA) is 60.3 Å². The van der Waals surface area contributed by atoms with Crippen LogP contribution in [0.2, 0.25) is 10.0 Å². The molecule has 0 bridgehead atoms. The predicted octanol–water partition coefficient (Wildman–Crippen LogP) is 4.77. The van der Waals surface area contributed by atoms with Crippen LogP contribution in [0, 0.1) is 0 Å². The van der Waals surface area contributed by atoms with Gasteiger partial charge in [-0.1, -0.05) is 48.3 Å². The molecule has 0 spiro atoms. The number of ether oxygens (including phenoxy) is 1. The molecule has 1 aromatic heterocycles. The minimum absolute atomic E-state index is 0.165. The van der Waals surface area contributed by atoms with E-state index in [4.69, 9.17) is 27.9 Å². The number of benzene rings is 2. The molecule has 0 radical (unpaired) electrons. The molecular formula is C22H22Cl2N4O2. The smallest absolute Gasteiger partial charge is 0.293 e. The van der Waals surface area contributed by atoms with Crippen molar-refractivity contribution in [1.82, 2.24) is 19.7 Å². The zero-order chi connectivity index (χ0) is 21.3. The van der Waals surface area contributed by atoms with Gasteiger partial charge in [0.2, 0.25) is 5.82 Å². The number of rotatable bonds is 5. The number of nitrogens with zero attached hydrogens (tertiary/aromatic N) is 4. The van der Waals surface area contributed by atoms with E-state index < -0.39 is 0 Å². The molecule has 8 heteroatoms. The maximum atomic E-state index is 13.1. The average molecular weight is 445 g/mol. The molecule has 2 aromatic carbocycles. The van der Waals surface area contributed by atoms with Crippen LogP contribution in [0.4, 0.5) is 0 Å². The third kappa shape index (κ3) is 3.89. The Balaban J connectivity index is 1.56. The largest absolute Gasteiger partial charge is 0.497 e. The highest BCUT2D eigenvalue weighted by molar-refractivity contribution is 6.37. The molecule has 0 aliphatic carbocycles. The van der Waals surface area contributed by atoms with Crippen molar-refractivity contribution >= 4 is 29.1 Å². The number of para-hydroxylation sites is 1. The van der Waals surface area contributed by atoms with E-state index >= 15 is 0 Å². The van der Waals surface area contributed by atoms with E-state index in [0.29, 0.717) is 41.1 Å². The van der Waals surface area contributed by atoms with Crippen LogP contribution in [0.1, 0.15) is 41.3 Å². The Labute approximate surface area is 185 Å². The quantitative estimate of drug-likeness (QED) is 0.568. The van der Waals surface area contributed by atoms with E-state index in [0.717, 1.165) is 12.2 Å². The first kappa shape index (κ1) is 20.7. The van der Waals surface area contributed by atoms with Gasteiger partial charge in [-0.05, 0) is 36.2 Å². The lowest BCUT2D eigenvalue weighted by Crippen LogP contribution is -2.29. The summed E-state index contributed by atoms with van der Waals surface area (Å²) in [5, 5.41) is 5.39. The van der Waals surface area contributed by atoms with Gasteiger partial charge in [0.15, 0.2) is 0 Å². The van der Waals surface area contributed by atoms with Crippen LogP contribution in [0.15, 0.2) is 42.5 Å². The first-order chi connectivity index (χ1) is 14.5. The summed E-state index contributed by atoms with van der Waals surface area (Å²) in [7, 11) is 1.65. The summed E-state index contributed by atoms with van der Waals surface area (Å²) >= 11 is 12.7. The number of methoxy groups -OCH3 is 1. The zero-order valence-corrected chi connectivity index (χ0v) is 18.3. The molecule has 1 saturated heterocycles. The molecule has 6 nitrogen and oxygen atoms in total. The van der Waals surface area contributed by atoms with Gasteiger partial charge in [-0.15, -0.1) is 5.10 Å². The van der Waals surface area contributed by atoms with Crippen LogP contribution in [0.3, 0.4) is 0 Å². The fourth-order valence-electron chi connectivity index (χ4n) is 3.77. The molecule has 0 N–H and O–H groups in total. The van der Waals surface area contributed by atoms with E-state index in [-0.39, 0.29) is 17.6 Å². The molecule has 1 fully saturated rings. The normalized spacial score (nSPS) is 16.1. The van der Waals surface area contributed by atoms with E-state index in [2.05, 4.69) is 22.2 Å². The first-order valence-electron chi connectivity index (χ1n) is 9.85. The summed E-state index contributed by atoms with van der Waals surface area (Å²) in [6, 6.07) is 13.3. The maximum absolute atomic E-state index is 13.1. The molecule has 1 aliphatic heterocycles. The van der Waals surface area contributed by atoms with Gasteiger partial charge >= 0.3 is 0 Å². The first-order valence-corrected chi connectivity index (χ1v) is 10.6. The maximum Gasteiger partial charge on any atom is 0.293 e. The Morgan fingerprint density at radius 2 is 1.87 bits per heavy atom. The molecule has 1 unspecified atom stereocenters. The monoisotopic (exact) mass is 444 g/mol. The summed E-state index contributed by atoms with van der Waals surface area (Å²) in [4.78, 5) is 19.4. The zero-order valence-electron chi connectivity index (χ0n) is 16.8. The van der Waals surface area contributed by atoms with Crippen molar-refractivity contribution in [3.05, 3.63) is 69.7 Å². The van der Waals surface area contributed by atoms with Crippen LogP contribution in [-0.4, -0.2) is 45.8 Å². The summed E-state index contributed by atoms with van der Waals surface area (Å²) in [6.45, 7) is 3.25. The number of halogens is 2. The SMILES string of the molecule is CCc1nc(C(=O)N2CCC(c3ccc(OC)cc3)C2)nn1-c1c(Cl)cccc1Cl. The molecule has 0 saturated carbocycles. The molecular weight excluding hydrogens is 423 g/mol. The second kappa shape index (κ2) is 8.66. The van der Waals surface area contributed by atoms with Crippen molar-refractivity contribution in [2.45, 2.75) is 25.7 Å². The van der Waals surface area contributed by atoms with Gasteiger partial charge < -0.3 is 9.64 Å². The Morgan fingerprint density at radius 1 is 1.17 bits per heavy atom. The van der Waals surface area contributed by atoms with E-state index in [9.17, 15) is 4.79 Å². The van der Waals surface area contributed by atoms with E-state index in [1.165, 1.54) is 5.56 Å². The number of likely N-dealkylation sites (tertiary alicyclic amines) is 1. The number of carbonyl (C=O) groups is 1. The lowest BCUT2D eigenvalue weighted by atomic mass is 9.98. The van der Waals surface area contributed by atoms with E-state index in [1.54, 1.807) is 30.0 Å². The predicted molar refractivity (Wildman–Crippen MR) is 117 cm³/mol. The minimum Gasteiger partial charge on any atom is -0.497 e. The lowest BCUT2D eigenvalue weighted by Gasteiger charge is -2.15. The van der Waals surface area contributed by atoms with E-state index in [1.807, 2.05) is 24.0 Å². The Bertz CT molecular complexity index is 1050. The minimum atomic E-state index is -0.178. The molecule has 1 aliphatic rings. The average Bonchev–Trinajstić information content (AvgIpc) is 3.41. The standard InChI is InChI=1S/C22H22Cl2N4O2/c1-3-19-25-21(26-28(19)20-17(23)5-4-6-18(20)24)22(29)27-12-11-15(13-27)14-7-9-16(30-2)10-8-14/h4-10,15H,3,11-13H2,1-2H3. The fourth-order valence-corrected chi connectivity index (χ4v) is 4.33. The third-order valence-electron chi connectivity index (χ3n) is 5.39. The molecule has 1 atom stereocenters. The highest BCUT2D eigenvalue weighted by Gasteiger charge is 2.31. The number of hydrogen-bond donors (Lipinski definition) is 0. The lowest BCUT2D eigenvalue weighted by molar-refractivity contribution is 0.0778. The number of amides is 1. The molecule has 2 heterocycles. The van der Waals surface area contributed by atoms with Crippen LogP contribution < -0.4 is 4.74 Å². The molecule has 156 valence electrons. The van der Waals surface area contributed by atoms with Gasteiger partial charge in [0.05, 0.1) is 17.2 Å². The fraction of sp³-hybridized carbons (Fsp3) is 0.318. The Kier molecular flexibility index (Phi) is 5.97. The number of aromatic nitrogens is 3. The molecule has 1 amide bonds. The molecule has 3 aromatic rings. The van der Waals surface area contributed by atoms with Crippen LogP contribution in [0.25, 0.3) is 5.69 Å². The summed E-state index contributed by atoms with van der Waals surface area (Å²) in [6.07, 6.45) is 1.49. The van der Waals surface area contributed by atoms with Crippen LogP contribution in [0.5, 0.6) is 5.75 Å². The van der Waals surface area contributed by atoms with Gasteiger partial charge in [-0.2, -0.15) is 0 Å². The van der Waals surface area contributed by atoms with Gasteiger partial charge in [-0.3, -0.25) is 4.79 Å². The number of carbonyl (C=O) groups excluding carboxylic acids is 1. The third-order valence-corrected chi connectivity index (χ3v) is 6.00. The highest BCUT2D eigenvalue weighted by Crippen LogP contribution is 2.31. The van der Waals surface area contributed by atoms with Crippen molar-refractivity contribution in [3.63, 3.8) is 0 Å². The molecule has 4 rings (SSSR count). The Hall–Kier alpha value is -2.57. The second-order valence-electron chi connectivity index (χ2n) is 7.20. The number of aryl methyl sites for hydroxylation is 1. The van der Waals surface area contributed by atoms with Gasteiger partial charge in [0.25, 0.3) is 5.91 Å². The second-order valence-corrected chi connectivity index (χ2v) is 8.01.